The van der Waals surface area contributed by atoms with E-state index in [-0.39, 0.29) is 6.04 Å². The molecule has 0 aliphatic heterocycles. The zero-order chi connectivity index (χ0) is 12.1. The third-order valence-electron chi connectivity index (χ3n) is 2.51. The highest BCUT2D eigenvalue weighted by Gasteiger charge is 2.04. The largest absolute Gasteiger partial charge is 0.454 e. The molecule has 17 heavy (non-hydrogen) atoms. The average molecular weight is 229 g/mol. The second-order valence-corrected chi connectivity index (χ2v) is 3.72. The SMILES string of the molecule is CNC(C)c1ccc(Oc2cccnc2)cn1. The van der Waals surface area contributed by atoms with Crippen LogP contribution in [0, 0.1) is 0 Å². The number of hydrogen-bond donors (Lipinski definition) is 1. The van der Waals surface area contributed by atoms with Gasteiger partial charge >= 0.3 is 0 Å². The van der Waals surface area contributed by atoms with Crippen LogP contribution in [0.1, 0.15) is 18.7 Å². The average Bonchev–Trinajstić information content (AvgIpc) is 2.40. The van der Waals surface area contributed by atoms with Gasteiger partial charge in [-0.2, -0.15) is 0 Å². The first-order valence-electron chi connectivity index (χ1n) is 5.50. The van der Waals surface area contributed by atoms with E-state index < -0.39 is 0 Å². The van der Waals surface area contributed by atoms with Crippen molar-refractivity contribution in [2.24, 2.45) is 0 Å². The highest BCUT2D eigenvalue weighted by molar-refractivity contribution is 5.28. The van der Waals surface area contributed by atoms with Crippen molar-refractivity contribution in [1.29, 1.82) is 0 Å². The number of nitrogens with one attached hydrogen (secondary N) is 1. The minimum Gasteiger partial charge on any atom is -0.454 e. The Morgan fingerprint density at radius 1 is 1.18 bits per heavy atom. The summed E-state index contributed by atoms with van der Waals surface area (Å²) in [4.78, 5) is 8.32. The summed E-state index contributed by atoms with van der Waals surface area (Å²) in [6.45, 7) is 2.06. The fourth-order valence-corrected chi connectivity index (χ4v) is 1.40. The van der Waals surface area contributed by atoms with Crippen LogP contribution in [0.5, 0.6) is 11.5 Å². The molecule has 0 bridgehead atoms. The Bertz CT molecular complexity index is 456. The van der Waals surface area contributed by atoms with E-state index in [2.05, 4.69) is 22.2 Å². The van der Waals surface area contributed by atoms with Crippen LogP contribution in [-0.2, 0) is 0 Å². The maximum Gasteiger partial charge on any atom is 0.145 e. The Balaban J connectivity index is 2.08. The Morgan fingerprint density at radius 2 is 2.00 bits per heavy atom. The molecule has 0 amide bonds. The van der Waals surface area contributed by atoms with Gasteiger partial charge in [-0.05, 0) is 38.2 Å². The molecule has 1 unspecified atom stereocenters. The molecule has 2 aromatic heterocycles. The summed E-state index contributed by atoms with van der Waals surface area (Å²) in [6.07, 6.45) is 5.10. The molecule has 0 aromatic carbocycles. The smallest absolute Gasteiger partial charge is 0.145 e. The van der Waals surface area contributed by atoms with E-state index in [1.54, 1.807) is 18.6 Å². The highest BCUT2D eigenvalue weighted by Crippen LogP contribution is 2.20. The van der Waals surface area contributed by atoms with Gasteiger partial charge in [-0.25, -0.2) is 0 Å². The van der Waals surface area contributed by atoms with E-state index >= 15 is 0 Å². The first kappa shape index (κ1) is 11.5. The zero-order valence-electron chi connectivity index (χ0n) is 9.92. The number of rotatable bonds is 4. The molecule has 1 atom stereocenters. The Hall–Kier alpha value is -1.94. The standard InChI is InChI=1S/C13H15N3O/c1-10(14-2)13-6-5-12(9-16-13)17-11-4-3-7-15-8-11/h3-10,14H,1-2H3. The molecular formula is C13H15N3O. The van der Waals surface area contributed by atoms with Crippen LogP contribution < -0.4 is 10.1 Å². The summed E-state index contributed by atoms with van der Waals surface area (Å²) in [7, 11) is 1.91. The maximum atomic E-state index is 5.60. The van der Waals surface area contributed by atoms with Crippen molar-refractivity contribution in [1.82, 2.24) is 15.3 Å². The minimum absolute atomic E-state index is 0.238. The summed E-state index contributed by atoms with van der Waals surface area (Å²) in [5, 5.41) is 3.14. The molecular weight excluding hydrogens is 214 g/mol. The second-order valence-electron chi connectivity index (χ2n) is 3.72. The van der Waals surface area contributed by atoms with Crippen molar-refractivity contribution >= 4 is 0 Å². The highest BCUT2D eigenvalue weighted by atomic mass is 16.5. The Labute approximate surface area is 101 Å². The lowest BCUT2D eigenvalue weighted by molar-refractivity contribution is 0.476. The summed E-state index contributed by atoms with van der Waals surface area (Å²) in [6, 6.07) is 7.79. The van der Waals surface area contributed by atoms with Crippen LogP contribution >= 0.6 is 0 Å². The molecule has 0 radical (unpaired) electrons. The quantitative estimate of drug-likeness (QED) is 0.875. The predicted molar refractivity (Wildman–Crippen MR) is 66.0 cm³/mol. The molecule has 0 saturated heterocycles. The Kier molecular flexibility index (Phi) is 3.67. The fourth-order valence-electron chi connectivity index (χ4n) is 1.40. The van der Waals surface area contributed by atoms with Crippen LogP contribution in [0.4, 0.5) is 0 Å². The summed E-state index contributed by atoms with van der Waals surface area (Å²) >= 11 is 0. The van der Waals surface area contributed by atoms with Gasteiger partial charge in [0.15, 0.2) is 0 Å². The van der Waals surface area contributed by atoms with Crippen molar-refractivity contribution in [3.05, 3.63) is 48.5 Å². The first-order chi connectivity index (χ1) is 8.29. The van der Waals surface area contributed by atoms with Gasteiger partial charge in [0.1, 0.15) is 11.5 Å². The van der Waals surface area contributed by atoms with Gasteiger partial charge in [0.25, 0.3) is 0 Å². The van der Waals surface area contributed by atoms with Crippen LogP contribution in [0.2, 0.25) is 0 Å². The van der Waals surface area contributed by atoms with E-state index in [4.69, 9.17) is 4.74 Å². The maximum absolute atomic E-state index is 5.60. The second kappa shape index (κ2) is 5.41. The van der Waals surface area contributed by atoms with Gasteiger partial charge in [0, 0.05) is 12.2 Å². The van der Waals surface area contributed by atoms with Gasteiger partial charge in [-0.1, -0.05) is 0 Å². The van der Waals surface area contributed by atoms with Crippen molar-refractivity contribution in [3.8, 4) is 11.5 Å². The predicted octanol–water partition coefficient (Wildman–Crippen LogP) is 2.55. The molecule has 1 N–H and O–H groups in total. The van der Waals surface area contributed by atoms with E-state index in [9.17, 15) is 0 Å². The number of hydrogen-bond acceptors (Lipinski definition) is 4. The van der Waals surface area contributed by atoms with Gasteiger partial charge in [0.2, 0.25) is 0 Å². The van der Waals surface area contributed by atoms with Crippen molar-refractivity contribution in [3.63, 3.8) is 0 Å². The molecule has 0 fully saturated rings. The third-order valence-corrected chi connectivity index (χ3v) is 2.51. The van der Waals surface area contributed by atoms with E-state index in [1.165, 1.54) is 0 Å². The van der Waals surface area contributed by atoms with E-state index in [0.29, 0.717) is 11.5 Å². The molecule has 2 rings (SSSR count). The van der Waals surface area contributed by atoms with Crippen LogP contribution in [0.25, 0.3) is 0 Å². The molecule has 4 nitrogen and oxygen atoms in total. The molecule has 0 aliphatic rings. The summed E-state index contributed by atoms with van der Waals surface area (Å²) < 4.78 is 5.60. The van der Waals surface area contributed by atoms with Crippen molar-refractivity contribution < 1.29 is 4.74 Å². The van der Waals surface area contributed by atoms with Gasteiger partial charge in [0.05, 0.1) is 18.1 Å². The summed E-state index contributed by atoms with van der Waals surface area (Å²) in [5.74, 6) is 1.42. The molecule has 88 valence electrons. The van der Waals surface area contributed by atoms with Crippen molar-refractivity contribution in [2.45, 2.75) is 13.0 Å². The zero-order valence-corrected chi connectivity index (χ0v) is 9.92. The van der Waals surface area contributed by atoms with Crippen LogP contribution in [0.3, 0.4) is 0 Å². The van der Waals surface area contributed by atoms with Crippen LogP contribution in [0.15, 0.2) is 42.9 Å². The number of pyridine rings is 2. The first-order valence-corrected chi connectivity index (χ1v) is 5.50. The molecule has 0 aliphatic carbocycles. The molecule has 2 heterocycles. The minimum atomic E-state index is 0.238. The number of aromatic nitrogens is 2. The van der Waals surface area contributed by atoms with E-state index in [0.717, 1.165) is 5.69 Å². The summed E-state index contributed by atoms with van der Waals surface area (Å²) in [5.41, 5.74) is 0.992. The fraction of sp³-hybridized carbons (Fsp3) is 0.231. The molecule has 0 saturated carbocycles. The molecule has 4 heteroatoms. The lowest BCUT2D eigenvalue weighted by atomic mass is 10.2. The lowest BCUT2D eigenvalue weighted by Crippen LogP contribution is -2.13. The van der Waals surface area contributed by atoms with Gasteiger partial charge < -0.3 is 10.1 Å². The topological polar surface area (TPSA) is 47.0 Å². The van der Waals surface area contributed by atoms with Crippen LogP contribution in [-0.4, -0.2) is 17.0 Å². The third kappa shape index (κ3) is 3.01. The monoisotopic (exact) mass is 229 g/mol. The molecule has 0 spiro atoms. The number of nitrogens with zero attached hydrogens (tertiary/aromatic N) is 2. The lowest BCUT2D eigenvalue weighted by Gasteiger charge is -2.10. The van der Waals surface area contributed by atoms with Gasteiger partial charge in [-0.3, -0.25) is 9.97 Å². The van der Waals surface area contributed by atoms with Gasteiger partial charge in [-0.15, -0.1) is 0 Å². The van der Waals surface area contributed by atoms with Crippen molar-refractivity contribution in [2.75, 3.05) is 7.05 Å². The normalized spacial score (nSPS) is 12.1. The Morgan fingerprint density at radius 3 is 2.59 bits per heavy atom. The molecule has 2 aromatic rings. The van der Waals surface area contributed by atoms with E-state index in [1.807, 2.05) is 31.3 Å². The number of ether oxygens (including phenoxy) is 1.